The molecule has 0 spiro atoms. The second-order valence-corrected chi connectivity index (χ2v) is 8.96. The van der Waals surface area contributed by atoms with Crippen molar-refractivity contribution in [2.45, 2.75) is 58.9 Å². The third-order valence-electron chi connectivity index (χ3n) is 6.61. The lowest BCUT2D eigenvalue weighted by Crippen LogP contribution is -2.40. The summed E-state index contributed by atoms with van der Waals surface area (Å²) >= 11 is 0. The van der Waals surface area contributed by atoms with Gasteiger partial charge in [0.15, 0.2) is 0 Å². The first-order valence-corrected chi connectivity index (χ1v) is 12.8. The van der Waals surface area contributed by atoms with Crippen molar-refractivity contribution in [3.63, 3.8) is 0 Å². The molecule has 0 saturated heterocycles. The van der Waals surface area contributed by atoms with Crippen molar-refractivity contribution in [3.8, 4) is 5.75 Å². The molecule has 2 rings (SSSR count). The third-order valence-corrected chi connectivity index (χ3v) is 6.61. The van der Waals surface area contributed by atoms with E-state index in [0.717, 1.165) is 54.7 Å². The van der Waals surface area contributed by atoms with E-state index in [0.29, 0.717) is 18.1 Å². The van der Waals surface area contributed by atoms with Crippen LogP contribution >= 0.6 is 0 Å². The van der Waals surface area contributed by atoms with Gasteiger partial charge < -0.3 is 19.5 Å². The largest absolute Gasteiger partial charge is 0.497 e. The predicted octanol–water partition coefficient (Wildman–Crippen LogP) is 6.76. The maximum Gasteiger partial charge on any atom is 0.337 e. The zero-order valence-electron chi connectivity index (χ0n) is 22.3. The van der Waals surface area contributed by atoms with Crippen LogP contribution in [0.25, 0.3) is 5.57 Å². The van der Waals surface area contributed by atoms with Crippen molar-refractivity contribution in [1.82, 2.24) is 0 Å². The first-order chi connectivity index (χ1) is 17.4. The van der Waals surface area contributed by atoms with Crippen LogP contribution in [-0.4, -0.2) is 38.8 Å². The number of esters is 2. The fraction of sp³-hybridized carbons (Fsp3) is 0.467. The highest BCUT2D eigenvalue weighted by atomic mass is 16.5. The van der Waals surface area contributed by atoms with E-state index in [-0.39, 0.29) is 17.9 Å². The second kappa shape index (κ2) is 15.0. The van der Waals surface area contributed by atoms with Gasteiger partial charge in [-0.05, 0) is 66.8 Å². The van der Waals surface area contributed by atoms with E-state index in [9.17, 15) is 9.59 Å². The van der Waals surface area contributed by atoms with Gasteiger partial charge in [-0.15, -0.1) is 0 Å². The number of carbonyl (C=O) groups excluding carboxylic acids is 2. The molecule has 0 heterocycles. The summed E-state index contributed by atoms with van der Waals surface area (Å²) in [5.74, 6) is 0.272. The molecule has 6 nitrogen and oxygen atoms in total. The van der Waals surface area contributed by atoms with E-state index in [4.69, 9.17) is 14.2 Å². The van der Waals surface area contributed by atoms with Crippen molar-refractivity contribution in [2.75, 3.05) is 26.1 Å². The highest BCUT2D eigenvalue weighted by Crippen LogP contribution is 2.35. The normalized spacial score (nSPS) is 13.2. The number of carbonyl (C=O) groups is 2. The minimum Gasteiger partial charge on any atom is -0.497 e. The van der Waals surface area contributed by atoms with Gasteiger partial charge in [0.05, 0.1) is 26.4 Å². The van der Waals surface area contributed by atoms with Crippen LogP contribution in [0, 0.1) is 11.8 Å². The first kappa shape index (κ1) is 29.0. The SMILES string of the molecule is C=C(c1ccc(C(=O)OC)cc1)C(CC(CC)CCCC)C(Nc1ccc(OC)cc1)C(=O)OCC. The molecule has 0 aliphatic carbocycles. The van der Waals surface area contributed by atoms with Gasteiger partial charge in [0.1, 0.15) is 11.8 Å². The Kier molecular flexibility index (Phi) is 12.0. The summed E-state index contributed by atoms with van der Waals surface area (Å²) in [5, 5.41) is 3.42. The molecule has 0 radical (unpaired) electrons. The maximum absolute atomic E-state index is 13.3. The van der Waals surface area contributed by atoms with Gasteiger partial charge in [-0.3, -0.25) is 0 Å². The van der Waals surface area contributed by atoms with Crippen LogP contribution in [0.5, 0.6) is 5.75 Å². The Morgan fingerprint density at radius 3 is 2.11 bits per heavy atom. The standard InChI is InChI=1S/C30H41NO5/c1-7-10-11-22(8-2)20-27(21(4)23-12-14-24(15-13-23)29(32)35-6)28(30(33)36-9-3)31-25-16-18-26(34-5)19-17-25/h12-19,22,27-28,31H,4,7-11,20H2,1-3,5-6H3. The number of unbranched alkanes of at least 4 members (excludes halogenated alkanes) is 1. The topological polar surface area (TPSA) is 73.9 Å². The Bertz CT molecular complexity index is 968. The minimum absolute atomic E-state index is 0.211. The molecule has 3 unspecified atom stereocenters. The summed E-state index contributed by atoms with van der Waals surface area (Å²) in [6.45, 7) is 10.9. The Hall–Kier alpha value is -3.28. The van der Waals surface area contributed by atoms with E-state index in [2.05, 4.69) is 25.7 Å². The lowest BCUT2D eigenvalue weighted by Gasteiger charge is -2.32. The number of hydrogen-bond donors (Lipinski definition) is 1. The van der Waals surface area contributed by atoms with Gasteiger partial charge in [-0.1, -0.05) is 58.2 Å². The molecular weight excluding hydrogens is 454 g/mol. The molecule has 6 heteroatoms. The molecule has 0 aliphatic heterocycles. The van der Waals surface area contributed by atoms with Crippen LogP contribution in [0.4, 0.5) is 5.69 Å². The highest BCUT2D eigenvalue weighted by Gasteiger charge is 2.34. The van der Waals surface area contributed by atoms with Gasteiger partial charge in [0.25, 0.3) is 0 Å². The van der Waals surface area contributed by atoms with E-state index in [1.54, 1.807) is 19.2 Å². The molecule has 36 heavy (non-hydrogen) atoms. The molecule has 0 bridgehead atoms. The summed E-state index contributed by atoms with van der Waals surface area (Å²) in [7, 11) is 2.98. The average molecular weight is 496 g/mol. The highest BCUT2D eigenvalue weighted by molar-refractivity contribution is 5.90. The van der Waals surface area contributed by atoms with Crippen molar-refractivity contribution >= 4 is 23.2 Å². The molecule has 196 valence electrons. The van der Waals surface area contributed by atoms with Crippen molar-refractivity contribution in [3.05, 3.63) is 66.2 Å². The second-order valence-electron chi connectivity index (χ2n) is 8.96. The van der Waals surface area contributed by atoms with Gasteiger partial charge >= 0.3 is 11.9 Å². The molecule has 0 fully saturated rings. The van der Waals surface area contributed by atoms with Crippen LogP contribution in [-0.2, 0) is 14.3 Å². The molecule has 1 N–H and O–H groups in total. The van der Waals surface area contributed by atoms with Gasteiger partial charge in [0.2, 0.25) is 0 Å². The van der Waals surface area contributed by atoms with Crippen LogP contribution < -0.4 is 10.1 Å². The van der Waals surface area contributed by atoms with Crippen LogP contribution in [0.2, 0.25) is 0 Å². The quantitative estimate of drug-likeness (QED) is 0.275. The molecule has 2 aromatic rings. The number of nitrogens with one attached hydrogen (secondary N) is 1. The van der Waals surface area contributed by atoms with E-state index < -0.39 is 6.04 Å². The lowest BCUT2D eigenvalue weighted by molar-refractivity contribution is -0.145. The van der Waals surface area contributed by atoms with Gasteiger partial charge in [-0.25, -0.2) is 9.59 Å². The predicted molar refractivity (Wildman–Crippen MR) is 145 cm³/mol. The van der Waals surface area contributed by atoms with Gasteiger partial charge in [0, 0.05) is 11.6 Å². The van der Waals surface area contributed by atoms with Crippen molar-refractivity contribution in [1.29, 1.82) is 0 Å². The molecule has 0 amide bonds. The number of anilines is 1. The number of rotatable bonds is 15. The Morgan fingerprint density at radius 2 is 1.58 bits per heavy atom. The fourth-order valence-electron chi connectivity index (χ4n) is 4.40. The summed E-state index contributed by atoms with van der Waals surface area (Å²) in [5.41, 5.74) is 2.98. The minimum atomic E-state index is -0.623. The third kappa shape index (κ3) is 8.14. The number of hydrogen-bond acceptors (Lipinski definition) is 6. The first-order valence-electron chi connectivity index (χ1n) is 12.8. The molecule has 0 aliphatic rings. The average Bonchev–Trinajstić information content (AvgIpc) is 2.92. The number of methoxy groups -OCH3 is 2. The van der Waals surface area contributed by atoms with Crippen molar-refractivity contribution in [2.24, 2.45) is 11.8 Å². The fourth-order valence-corrected chi connectivity index (χ4v) is 4.40. The summed E-state index contributed by atoms with van der Waals surface area (Å²) in [4.78, 5) is 25.2. The smallest absolute Gasteiger partial charge is 0.337 e. The molecule has 3 atom stereocenters. The number of ether oxygens (including phenoxy) is 3. The van der Waals surface area contributed by atoms with E-state index >= 15 is 0 Å². The molecule has 0 aromatic heterocycles. The maximum atomic E-state index is 13.3. The van der Waals surface area contributed by atoms with Crippen LogP contribution in [0.3, 0.4) is 0 Å². The zero-order valence-corrected chi connectivity index (χ0v) is 22.3. The van der Waals surface area contributed by atoms with Gasteiger partial charge in [-0.2, -0.15) is 0 Å². The molecular formula is C30H41NO5. The zero-order chi connectivity index (χ0) is 26.5. The number of benzene rings is 2. The van der Waals surface area contributed by atoms with Crippen LogP contribution in [0.15, 0.2) is 55.1 Å². The van der Waals surface area contributed by atoms with Crippen LogP contribution in [0.1, 0.15) is 68.8 Å². The monoisotopic (exact) mass is 495 g/mol. The Balaban J connectivity index is 2.46. The molecule has 0 saturated carbocycles. The summed E-state index contributed by atoms with van der Waals surface area (Å²) < 4.78 is 15.6. The van der Waals surface area contributed by atoms with Crippen molar-refractivity contribution < 1.29 is 23.8 Å². The Morgan fingerprint density at radius 1 is 0.944 bits per heavy atom. The molecule has 2 aromatic carbocycles. The lowest BCUT2D eigenvalue weighted by atomic mass is 9.78. The van der Waals surface area contributed by atoms with E-state index in [1.807, 2.05) is 43.3 Å². The summed E-state index contributed by atoms with van der Waals surface area (Å²) in [6, 6.07) is 14.1. The van der Waals surface area contributed by atoms with E-state index in [1.165, 1.54) is 7.11 Å². The Labute approximate surface area is 216 Å². The summed E-state index contributed by atoms with van der Waals surface area (Å²) in [6.07, 6.45) is 5.17.